The second kappa shape index (κ2) is 6.93. The van der Waals surface area contributed by atoms with E-state index in [1.54, 1.807) is 6.20 Å². The smallest absolute Gasteiger partial charge is 0.414 e. The molecule has 1 amide bonds. The molecule has 1 aromatic carbocycles. The van der Waals surface area contributed by atoms with Crippen molar-refractivity contribution in [3.05, 3.63) is 47.8 Å². The van der Waals surface area contributed by atoms with Gasteiger partial charge in [-0.2, -0.15) is 0 Å². The normalized spacial score (nSPS) is 17.8. The number of amides is 1. The highest BCUT2D eigenvalue weighted by Crippen LogP contribution is 2.19. The molecule has 0 saturated heterocycles. The summed E-state index contributed by atoms with van der Waals surface area (Å²) in [4.78, 5) is 18.3. The topological polar surface area (TPSA) is 76.8 Å². The van der Waals surface area contributed by atoms with Crippen LogP contribution in [0.2, 0.25) is 0 Å². The van der Waals surface area contributed by atoms with Gasteiger partial charge in [-0.3, -0.25) is 15.2 Å². The van der Waals surface area contributed by atoms with Gasteiger partial charge in [-0.1, -0.05) is 30.3 Å². The Balaban J connectivity index is 1.90. The molecule has 0 saturated carbocycles. The summed E-state index contributed by atoms with van der Waals surface area (Å²) in [6.45, 7) is 1.19. The first-order valence-corrected chi connectivity index (χ1v) is 6.42. The van der Waals surface area contributed by atoms with Crippen LogP contribution in [0.3, 0.4) is 0 Å². The van der Waals surface area contributed by atoms with Crippen LogP contribution >= 0.6 is 0 Å². The van der Waals surface area contributed by atoms with Crippen molar-refractivity contribution in [1.29, 1.82) is 0 Å². The lowest BCUT2D eigenvalue weighted by Crippen LogP contribution is -2.30. The Morgan fingerprint density at radius 3 is 2.85 bits per heavy atom. The number of nitrogens with one attached hydrogen (secondary N) is 1. The fourth-order valence-corrected chi connectivity index (χ4v) is 2.02. The van der Waals surface area contributed by atoms with Crippen molar-refractivity contribution in [2.24, 2.45) is 11.7 Å². The van der Waals surface area contributed by atoms with E-state index in [2.05, 4.69) is 5.48 Å². The van der Waals surface area contributed by atoms with E-state index in [4.69, 9.17) is 15.3 Å². The maximum Gasteiger partial charge on any atom is 0.414 e. The molecule has 0 aromatic heterocycles. The van der Waals surface area contributed by atoms with Gasteiger partial charge in [0, 0.05) is 25.2 Å². The molecule has 2 rings (SSSR count). The van der Waals surface area contributed by atoms with Crippen molar-refractivity contribution in [3.8, 4) is 0 Å². The third-order valence-electron chi connectivity index (χ3n) is 3.10. The van der Waals surface area contributed by atoms with Crippen LogP contribution in [0.15, 0.2) is 42.2 Å². The molecule has 1 aliphatic rings. The standard InChI is InChI=1S/C14H19N3O3/c1-19-16-13-9-17(8-12(13)7-15)14(18)20-10-11-5-3-2-4-6-11/h2-6,9,12,16H,7-8,10,15H2,1H3. The molecule has 0 aliphatic carbocycles. The zero-order chi connectivity index (χ0) is 14.4. The highest BCUT2D eigenvalue weighted by Gasteiger charge is 2.28. The molecule has 1 atom stereocenters. The van der Waals surface area contributed by atoms with Crippen LogP contribution in [-0.2, 0) is 16.2 Å². The summed E-state index contributed by atoms with van der Waals surface area (Å²) >= 11 is 0. The monoisotopic (exact) mass is 277 g/mol. The van der Waals surface area contributed by atoms with E-state index in [-0.39, 0.29) is 18.6 Å². The summed E-state index contributed by atoms with van der Waals surface area (Å²) in [5.74, 6) is 0.0409. The Kier molecular flexibility index (Phi) is 4.97. The average molecular weight is 277 g/mol. The number of nitrogens with zero attached hydrogens (tertiary/aromatic N) is 1. The molecule has 0 radical (unpaired) electrons. The third kappa shape index (κ3) is 3.49. The molecule has 1 unspecified atom stereocenters. The quantitative estimate of drug-likeness (QED) is 0.791. The molecule has 6 heteroatoms. The van der Waals surface area contributed by atoms with Gasteiger partial charge in [-0.15, -0.1) is 0 Å². The lowest BCUT2D eigenvalue weighted by Gasteiger charge is -2.15. The third-order valence-corrected chi connectivity index (χ3v) is 3.10. The van der Waals surface area contributed by atoms with E-state index < -0.39 is 0 Å². The summed E-state index contributed by atoms with van der Waals surface area (Å²) in [5.41, 5.74) is 10.1. The molecule has 6 nitrogen and oxygen atoms in total. The van der Waals surface area contributed by atoms with Crippen molar-refractivity contribution < 1.29 is 14.4 Å². The van der Waals surface area contributed by atoms with Crippen LogP contribution in [0.25, 0.3) is 0 Å². The molecule has 0 spiro atoms. The van der Waals surface area contributed by atoms with Crippen LogP contribution in [0.5, 0.6) is 0 Å². The van der Waals surface area contributed by atoms with Crippen molar-refractivity contribution >= 4 is 6.09 Å². The lowest BCUT2D eigenvalue weighted by molar-refractivity contribution is 0.108. The lowest BCUT2D eigenvalue weighted by atomic mass is 10.1. The minimum Gasteiger partial charge on any atom is -0.444 e. The Hall–Kier alpha value is -2.05. The van der Waals surface area contributed by atoms with Crippen LogP contribution in [0.1, 0.15) is 5.56 Å². The molecule has 20 heavy (non-hydrogen) atoms. The van der Waals surface area contributed by atoms with Gasteiger partial charge in [-0.25, -0.2) is 4.79 Å². The van der Waals surface area contributed by atoms with Crippen molar-refractivity contribution in [1.82, 2.24) is 10.4 Å². The fourth-order valence-electron chi connectivity index (χ4n) is 2.02. The number of hydrogen-bond donors (Lipinski definition) is 2. The van der Waals surface area contributed by atoms with E-state index in [0.29, 0.717) is 13.1 Å². The SMILES string of the molecule is CONC1=CN(C(=O)OCc2ccccc2)CC1CN. The summed E-state index contributed by atoms with van der Waals surface area (Å²) in [6, 6.07) is 9.55. The maximum atomic E-state index is 12.0. The van der Waals surface area contributed by atoms with Crippen molar-refractivity contribution in [3.63, 3.8) is 0 Å². The molecule has 1 heterocycles. The first kappa shape index (κ1) is 14.4. The van der Waals surface area contributed by atoms with E-state index in [9.17, 15) is 4.79 Å². The fraction of sp³-hybridized carbons (Fsp3) is 0.357. The van der Waals surface area contributed by atoms with Gasteiger partial charge in [-0.05, 0) is 5.56 Å². The second-order valence-electron chi connectivity index (χ2n) is 4.52. The first-order valence-electron chi connectivity index (χ1n) is 6.42. The highest BCUT2D eigenvalue weighted by atomic mass is 16.6. The zero-order valence-corrected chi connectivity index (χ0v) is 11.4. The largest absolute Gasteiger partial charge is 0.444 e. The number of hydrogen-bond acceptors (Lipinski definition) is 5. The van der Waals surface area contributed by atoms with E-state index in [1.807, 2.05) is 30.3 Å². The van der Waals surface area contributed by atoms with Crippen LogP contribution in [-0.4, -0.2) is 31.2 Å². The molecule has 0 fully saturated rings. The number of ether oxygens (including phenoxy) is 1. The van der Waals surface area contributed by atoms with Gasteiger partial charge < -0.3 is 10.5 Å². The second-order valence-corrected chi connectivity index (χ2v) is 4.52. The Morgan fingerprint density at radius 2 is 2.20 bits per heavy atom. The Labute approximate surface area is 118 Å². The number of rotatable bonds is 5. The van der Waals surface area contributed by atoms with Gasteiger partial charge in [0.05, 0.1) is 12.8 Å². The van der Waals surface area contributed by atoms with Gasteiger partial charge in [0.25, 0.3) is 0 Å². The van der Waals surface area contributed by atoms with Crippen LogP contribution in [0, 0.1) is 5.92 Å². The summed E-state index contributed by atoms with van der Waals surface area (Å²) < 4.78 is 5.26. The summed E-state index contributed by atoms with van der Waals surface area (Å²) in [5, 5.41) is 0. The average Bonchev–Trinajstić information content (AvgIpc) is 2.89. The van der Waals surface area contributed by atoms with E-state index in [1.165, 1.54) is 12.0 Å². The van der Waals surface area contributed by atoms with Crippen molar-refractivity contribution in [2.75, 3.05) is 20.2 Å². The summed E-state index contributed by atoms with van der Waals surface area (Å²) in [7, 11) is 1.52. The van der Waals surface area contributed by atoms with E-state index >= 15 is 0 Å². The highest BCUT2D eigenvalue weighted by molar-refractivity contribution is 5.69. The van der Waals surface area contributed by atoms with Crippen LogP contribution in [0.4, 0.5) is 4.79 Å². The maximum absolute atomic E-state index is 12.0. The minimum absolute atomic E-state index is 0.0409. The van der Waals surface area contributed by atoms with Gasteiger partial charge in [0.1, 0.15) is 6.61 Å². The van der Waals surface area contributed by atoms with Crippen molar-refractivity contribution in [2.45, 2.75) is 6.61 Å². The number of nitrogens with two attached hydrogens (primary N) is 1. The summed E-state index contributed by atoms with van der Waals surface area (Å²) in [6.07, 6.45) is 1.29. The predicted molar refractivity (Wildman–Crippen MR) is 74.1 cm³/mol. The predicted octanol–water partition coefficient (Wildman–Crippen LogP) is 1.21. The zero-order valence-electron chi connectivity index (χ0n) is 11.4. The number of hydroxylamine groups is 1. The molecule has 1 aromatic rings. The van der Waals surface area contributed by atoms with Gasteiger partial charge in [0.15, 0.2) is 0 Å². The molecular formula is C14H19N3O3. The molecule has 1 aliphatic heterocycles. The molecule has 3 N–H and O–H groups in total. The van der Waals surface area contributed by atoms with Crippen LogP contribution < -0.4 is 11.2 Å². The van der Waals surface area contributed by atoms with Gasteiger partial charge in [0.2, 0.25) is 0 Å². The Morgan fingerprint density at radius 1 is 1.45 bits per heavy atom. The number of carbonyl (C=O) groups is 1. The molecule has 0 bridgehead atoms. The minimum atomic E-state index is -0.389. The number of benzene rings is 1. The Bertz CT molecular complexity index is 476. The number of carbonyl (C=O) groups excluding carboxylic acids is 1. The molecule has 108 valence electrons. The molecular weight excluding hydrogens is 258 g/mol. The van der Waals surface area contributed by atoms with Gasteiger partial charge >= 0.3 is 6.09 Å². The first-order chi connectivity index (χ1) is 9.74. The van der Waals surface area contributed by atoms with E-state index in [0.717, 1.165) is 11.3 Å².